The van der Waals surface area contributed by atoms with Crippen molar-refractivity contribution in [3.05, 3.63) is 24.1 Å². The van der Waals surface area contributed by atoms with Crippen molar-refractivity contribution in [3.63, 3.8) is 0 Å². The van der Waals surface area contributed by atoms with Crippen LogP contribution in [0.15, 0.2) is 22.9 Å². The number of carbonyl (C=O) groups excluding carboxylic acids is 1. The molecule has 2 aromatic rings. The van der Waals surface area contributed by atoms with Gasteiger partial charge in [-0.25, -0.2) is 4.98 Å². The van der Waals surface area contributed by atoms with Crippen LogP contribution in [-0.2, 0) is 4.79 Å². The topological polar surface area (TPSA) is 52.3 Å². The molecule has 2 rings (SSSR count). The summed E-state index contributed by atoms with van der Waals surface area (Å²) < 4.78 is 10.4. The smallest absolute Gasteiger partial charge is 0.196 e. The predicted octanol–water partition coefficient (Wildman–Crippen LogP) is 2.53. The van der Waals surface area contributed by atoms with Gasteiger partial charge in [-0.3, -0.25) is 4.79 Å². The SMILES string of the molecule is COc1cc(C(C)C(C)=O)cc2ncoc12. The van der Waals surface area contributed by atoms with E-state index < -0.39 is 0 Å². The molecule has 1 heterocycles. The molecule has 0 radical (unpaired) electrons. The third kappa shape index (κ3) is 1.66. The zero-order valence-corrected chi connectivity index (χ0v) is 9.48. The van der Waals surface area contributed by atoms with E-state index in [1.54, 1.807) is 14.0 Å². The van der Waals surface area contributed by atoms with Gasteiger partial charge < -0.3 is 9.15 Å². The van der Waals surface area contributed by atoms with Crippen LogP contribution < -0.4 is 4.74 Å². The maximum Gasteiger partial charge on any atom is 0.196 e. The fourth-order valence-corrected chi connectivity index (χ4v) is 1.59. The van der Waals surface area contributed by atoms with Gasteiger partial charge in [-0.15, -0.1) is 0 Å². The summed E-state index contributed by atoms with van der Waals surface area (Å²) in [5, 5.41) is 0. The summed E-state index contributed by atoms with van der Waals surface area (Å²) in [6.07, 6.45) is 1.37. The fourth-order valence-electron chi connectivity index (χ4n) is 1.59. The van der Waals surface area contributed by atoms with Gasteiger partial charge in [-0.05, 0) is 24.6 Å². The molecule has 84 valence electrons. The van der Waals surface area contributed by atoms with E-state index in [-0.39, 0.29) is 11.7 Å². The normalized spacial score (nSPS) is 12.7. The Labute approximate surface area is 93.2 Å². The number of nitrogens with zero attached hydrogens (tertiary/aromatic N) is 1. The first kappa shape index (κ1) is 10.7. The van der Waals surface area contributed by atoms with Crippen molar-refractivity contribution in [2.45, 2.75) is 19.8 Å². The molecule has 0 spiro atoms. The molecule has 16 heavy (non-hydrogen) atoms. The molecule has 1 unspecified atom stereocenters. The van der Waals surface area contributed by atoms with Crippen molar-refractivity contribution in [2.24, 2.45) is 0 Å². The highest BCUT2D eigenvalue weighted by Gasteiger charge is 2.15. The van der Waals surface area contributed by atoms with Gasteiger partial charge in [0, 0.05) is 5.92 Å². The largest absolute Gasteiger partial charge is 0.493 e. The molecule has 1 atom stereocenters. The summed E-state index contributed by atoms with van der Waals surface area (Å²) in [6, 6.07) is 3.67. The maximum atomic E-state index is 11.3. The number of oxazole rings is 1. The minimum Gasteiger partial charge on any atom is -0.493 e. The second-order valence-corrected chi connectivity index (χ2v) is 3.76. The highest BCUT2D eigenvalue weighted by Crippen LogP contribution is 2.30. The van der Waals surface area contributed by atoms with Gasteiger partial charge in [0.2, 0.25) is 0 Å². The minimum atomic E-state index is -0.157. The molecule has 0 saturated carbocycles. The van der Waals surface area contributed by atoms with E-state index in [0.29, 0.717) is 16.8 Å². The van der Waals surface area contributed by atoms with Crippen LogP contribution in [-0.4, -0.2) is 17.9 Å². The Morgan fingerprint density at radius 3 is 2.88 bits per heavy atom. The maximum absolute atomic E-state index is 11.3. The first-order valence-corrected chi connectivity index (χ1v) is 5.05. The number of rotatable bonds is 3. The van der Waals surface area contributed by atoms with E-state index in [2.05, 4.69) is 4.98 Å². The van der Waals surface area contributed by atoms with Crippen LogP contribution in [0.5, 0.6) is 5.75 Å². The Bertz CT molecular complexity index is 530. The van der Waals surface area contributed by atoms with Gasteiger partial charge in [0.1, 0.15) is 11.3 Å². The van der Waals surface area contributed by atoms with Gasteiger partial charge in [0.05, 0.1) is 7.11 Å². The van der Waals surface area contributed by atoms with Crippen LogP contribution in [0, 0.1) is 0 Å². The van der Waals surface area contributed by atoms with Crippen molar-refractivity contribution < 1.29 is 13.9 Å². The van der Waals surface area contributed by atoms with Gasteiger partial charge in [-0.1, -0.05) is 6.92 Å². The monoisotopic (exact) mass is 219 g/mol. The lowest BCUT2D eigenvalue weighted by atomic mass is 9.97. The zero-order chi connectivity index (χ0) is 11.7. The molecule has 0 saturated heterocycles. The Hall–Kier alpha value is -1.84. The summed E-state index contributed by atoms with van der Waals surface area (Å²) in [5.41, 5.74) is 2.22. The van der Waals surface area contributed by atoms with Crippen molar-refractivity contribution in [1.82, 2.24) is 4.98 Å². The molecule has 0 N–H and O–H groups in total. The van der Waals surface area contributed by atoms with Crippen LogP contribution in [0.2, 0.25) is 0 Å². The molecule has 0 bridgehead atoms. The summed E-state index contributed by atoms with van der Waals surface area (Å²) in [5.74, 6) is 0.568. The number of aromatic nitrogens is 1. The number of ketones is 1. The lowest BCUT2D eigenvalue weighted by Gasteiger charge is -2.09. The highest BCUT2D eigenvalue weighted by molar-refractivity contribution is 5.86. The average Bonchev–Trinajstić information content (AvgIpc) is 2.74. The van der Waals surface area contributed by atoms with E-state index in [4.69, 9.17) is 9.15 Å². The number of benzene rings is 1. The Morgan fingerprint density at radius 1 is 1.50 bits per heavy atom. The van der Waals surface area contributed by atoms with Crippen LogP contribution >= 0.6 is 0 Å². The third-order valence-corrected chi connectivity index (χ3v) is 2.75. The lowest BCUT2D eigenvalue weighted by molar-refractivity contribution is -0.118. The molecular formula is C12H13NO3. The number of methoxy groups -OCH3 is 1. The van der Waals surface area contributed by atoms with Crippen LogP contribution in [0.25, 0.3) is 11.1 Å². The summed E-state index contributed by atoms with van der Waals surface area (Å²) in [4.78, 5) is 15.4. The Kier molecular flexibility index (Phi) is 2.64. The van der Waals surface area contributed by atoms with Crippen LogP contribution in [0.3, 0.4) is 0 Å². The number of ether oxygens (including phenoxy) is 1. The molecule has 0 aliphatic rings. The second kappa shape index (κ2) is 3.96. The predicted molar refractivity (Wildman–Crippen MR) is 59.7 cm³/mol. The number of fused-ring (bicyclic) bond motifs is 1. The number of hydrogen-bond donors (Lipinski definition) is 0. The van der Waals surface area contributed by atoms with Gasteiger partial charge in [0.25, 0.3) is 0 Å². The second-order valence-electron chi connectivity index (χ2n) is 3.76. The molecule has 0 amide bonds. The molecular weight excluding hydrogens is 206 g/mol. The standard InChI is InChI=1S/C12H13NO3/c1-7(8(2)14)9-4-10-12(16-6-13-10)11(5-9)15-3/h4-7H,1-3H3. The molecule has 1 aromatic heterocycles. The van der Waals surface area contributed by atoms with Crippen molar-refractivity contribution in [3.8, 4) is 5.75 Å². The van der Waals surface area contributed by atoms with Gasteiger partial charge in [-0.2, -0.15) is 0 Å². The lowest BCUT2D eigenvalue weighted by Crippen LogP contribution is -2.04. The highest BCUT2D eigenvalue weighted by atomic mass is 16.5. The van der Waals surface area contributed by atoms with E-state index >= 15 is 0 Å². The summed E-state index contributed by atoms with van der Waals surface area (Å²) in [6.45, 7) is 3.44. The van der Waals surface area contributed by atoms with Gasteiger partial charge in [0.15, 0.2) is 17.7 Å². The number of hydrogen-bond acceptors (Lipinski definition) is 4. The zero-order valence-electron chi connectivity index (χ0n) is 9.48. The molecule has 0 aliphatic heterocycles. The number of carbonyl (C=O) groups is 1. The van der Waals surface area contributed by atoms with E-state index in [1.165, 1.54) is 6.39 Å². The molecule has 4 heteroatoms. The fraction of sp³-hybridized carbons (Fsp3) is 0.333. The summed E-state index contributed by atoms with van der Waals surface area (Å²) >= 11 is 0. The van der Waals surface area contributed by atoms with E-state index in [0.717, 1.165) is 5.56 Å². The molecule has 0 fully saturated rings. The van der Waals surface area contributed by atoms with Crippen LogP contribution in [0.4, 0.5) is 0 Å². The molecule has 4 nitrogen and oxygen atoms in total. The number of Topliss-reactive ketones (excluding diaryl/α,β-unsaturated/α-hetero) is 1. The molecule has 1 aromatic carbocycles. The van der Waals surface area contributed by atoms with Crippen molar-refractivity contribution in [2.75, 3.05) is 7.11 Å². The first-order valence-electron chi connectivity index (χ1n) is 5.05. The third-order valence-electron chi connectivity index (χ3n) is 2.75. The first-order chi connectivity index (χ1) is 7.63. The quantitative estimate of drug-likeness (QED) is 0.795. The van der Waals surface area contributed by atoms with Crippen LogP contribution in [0.1, 0.15) is 25.3 Å². The van der Waals surface area contributed by atoms with E-state index in [1.807, 2.05) is 19.1 Å². The average molecular weight is 219 g/mol. The minimum absolute atomic E-state index is 0.116. The van der Waals surface area contributed by atoms with Crippen molar-refractivity contribution >= 4 is 16.9 Å². The molecule has 0 aliphatic carbocycles. The summed E-state index contributed by atoms with van der Waals surface area (Å²) in [7, 11) is 1.57. The Morgan fingerprint density at radius 2 is 2.25 bits per heavy atom. The van der Waals surface area contributed by atoms with Crippen molar-refractivity contribution in [1.29, 1.82) is 0 Å². The van der Waals surface area contributed by atoms with Gasteiger partial charge >= 0.3 is 0 Å². The Balaban J connectivity index is 2.59. The van der Waals surface area contributed by atoms with E-state index in [9.17, 15) is 4.79 Å².